The Morgan fingerprint density at radius 1 is 1.44 bits per heavy atom. The second kappa shape index (κ2) is 5.35. The summed E-state index contributed by atoms with van der Waals surface area (Å²) >= 11 is 0. The highest BCUT2D eigenvalue weighted by atomic mass is 16.5. The van der Waals surface area contributed by atoms with E-state index in [0.717, 1.165) is 31.6 Å². The van der Waals surface area contributed by atoms with E-state index in [2.05, 4.69) is 25.1 Å². The summed E-state index contributed by atoms with van der Waals surface area (Å²) in [6.07, 6.45) is 5.75. The lowest BCUT2D eigenvalue weighted by Crippen LogP contribution is -2.13. The first-order chi connectivity index (χ1) is 7.81. The number of nitrogens with two attached hydrogens (primary N) is 1. The number of rotatable bonds is 4. The number of benzene rings is 1. The first-order valence-corrected chi connectivity index (χ1v) is 6.32. The van der Waals surface area contributed by atoms with Crippen molar-refractivity contribution < 1.29 is 4.74 Å². The van der Waals surface area contributed by atoms with Gasteiger partial charge in [0.05, 0.1) is 6.61 Å². The minimum Gasteiger partial charge on any atom is -0.493 e. The van der Waals surface area contributed by atoms with E-state index in [0.29, 0.717) is 0 Å². The third-order valence-electron chi connectivity index (χ3n) is 3.23. The third-order valence-corrected chi connectivity index (χ3v) is 3.23. The van der Waals surface area contributed by atoms with E-state index in [-0.39, 0.29) is 6.04 Å². The van der Waals surface area contributed by atoms with E-state index in [9.17, 15) is 0 Å². The lowest BCUT2D eigenvalue weighted by Gasteiger charge is -2.19. The van der Waals surface area contributed by atoms with Gasteiger partial charge in [-0.25, -0.2) is 0 Å². The van der Waals surface area contributed by atoms with Crippen LogP contribution in [0.15, 0.2) is 18.2 Å². The zero-order valence-corrected chi connectivity index (χ0v) is 10.0. The van der Waals surface area contributed by atoms with Crippen molar-refractivity contribution in [3.8, 4) is 5.75 Å². The maximum absolute atomic E-state index is 6.17. The smallest absolute Gasteiger partial charge is 0.122 e. The zero-order chi connectivity index (χ0) is 11.4. The summed E-state index contributed by atoms with van der Waals surface area (Å²) in [5.41, 5.74) is 8.76. The Balaban J connectivity index is 2.10. The van der Waals surface area contributed by atoms with Gasteiger partial charge in [-0.2, -0.15) is 0 Å². The van der Waals surface area contributed by atoms with Crippen LogP contribution < -0.4 is 10.5 Å². The first kappa shape index (κ1) is 11.5. The van der Waals surface area contributed by atoms with Crippen molar-refractivity contribution in [3.63, 3.8) is 0 Å². The molecule has 0 bridgehead atoms. The second-order valence-electron chi connectivity index (χ2n) is 4.57. The Morgan fingerprint density at radius 2 is 2.31 bits per heavy atom. The van der Waals surface area contributed by atoms with Gasteiger partial charge in [-0.3, -0.25) is 0 Å². The van der Waals surface area contributed by atoms with Crippen molar-refractivity contribution in [2.45, 2.75) is 45.1 Å². The molecule has 1 aromatic rings. The predicted molar refractivity (Wildman–Crippen MR) is 66.7 cm³/mol. The summed E-state index contributed by atoms with van der Waals surface area (Å²) < 4.78 is 5.60. The monoisotopic (exact) mass is 219 g/mol. The minimum absolute atomic E-state index is 0.187. The summed E-state index contributed by atoms with van der Waals surface area (Å²) in [5, 5.41) is 0. The molecule has 88 valence electrons. The van der Waals surface area contributed by atoms with E-state index in [1.165, 1.54) is 24.0 Å². The topological polar surface area (TPSA) is 35.2 Å². The highest BCUT2D eigenvalue weighted by molar-refractivity contribution is 5.39. The molecule has 0 saturated carbocycles. The standard InChI is InChI=1S/C14H21NO/c1-2-3-6-13(15)11-7-8-14-12(10-11)5-4-9-16-14/h7-8,10,13H,2-6,9,15H2,1H3. The number of ether oxygens (including phenoxy) is 1. The average Bonchev–Trinajstić information content (AvgIpc) is 2.35. The summed E-state index contributed by atoms with van der Waals surface area (Å²) in [6.45, 7) is 3.06. The first-order valence-electron chi connectivity index (χ1n) is 6.32. The molecule has 1 atom stereocenters. The molecule has 2 nitrogen and oxygen atoms in total. The van der Waals surface area contributed by atoms with Crippen molar-refractivity contribution in [2.75, 3.05) is 6.61 Å². The number of fused-ring (bicyclic) bond motifs is 1. The zero-order valence-electron chi connectivity index (χ0n) is 10.0. The Bertz CT molecular complexity index is 349. The van der Waals surface area contributed by atoms with Crippen LogP contribution in [-0.4, -0.2) is 6.61 Å². The van der Waals surface area contributed by atoms with Crippen LogP contribution in [0.5, 0.6) is 5.75 Å². The van der Waals surface area contributed by atoms with Gasteiger partial charge in [0.2, 0.25) is 0 Å². The van der Waals surface area contributed by atoms with Gasteiger partial charge in [0.25, 0.3) is 0 Å². The molecule has 1 aliphatic heterocycles. The van der Waals surface area contributed by atoms with Crippen molar-refractivity contribution >= 4 is 0 Å². The Morgan fingerprint density at radius 3 is 3.12 bits per heavy atom. The summed E-state index contributed by atoms with van der Waals surface area (Å²) in [4.78, 5) is 0. The fourth-order valence-corrected chi connectivity index (χ4v) is 2.20. The molecule has 0 saturated heterocycles. The third kappa shape index (κ3) is 2.56. The molecule has 1 unspecified atom stereocenters. The molecule has 2 N–H and O–H groups in total. The lowest BCUT2D eigenvalue weighted by molar-refractivity contribution is 0.288. The SMILES string of the molecule is CCCCC(N)c1ccc2c(c1)CCCO2. The molecular formula is C14H21NO. The fourth-order valence-electron chi connectivity index (χ4n) is 2.20. The maximum Gasteiger partial charge on any atom is 0.122 e. The molecule has 0 radical (unpaired) electrons. The molecule has 0 aromatic heterocycles. The fraction of sp³-hybridized carbons (Fsp3) is 0.571. The molecule has 2 heteroatoms. The number of aryl methyl sites for hydroxylation is 1. The quantitative estimate of drug-likeness (QED) is 0.844. The van der Waals surface area contributed by atoms with Gasteiger partial charge in [0, 0.05) is 6.04 Å². The second-order valence-corrected chi connectivity index (χ2v) is 4.57. The van der Waals surface area contributed by atoms with Crippen LogP contribution in [0.2, 0.25) is 0 Å². The van der Waals surface area contributed by atoms with E-state index >= 15 is 0 Å². The van der Waals surface area contributed by atoms with Gasteiger partial charge >= 0.3 is 0 Å². The van der Waals surface area contributed by atoms with Gasteiger partial charge < -0.3 is 10.5 Å². The highest BCUT2D eigenvalue weighted by Crippen LogP contribution is 2.28. The number of hydrogen-bond donors (Lipinski definition) is 1. The molecule has 0 aliphatic carbocycles. The van der Waals surface area contributed by atoms with Gasteiger partial charge in [0.15, 0.2) is 0 Å². The van der Waals surface area contributed by atoms with Crippen molar-refractivity contribution in [2.24, 2.45) is 5.73 Å². The molecular weight excluding hydrogens is 198 g/mol. The average molecular weight is 219 g/mol. The maximum atomic E-state index is 6.17. The summed E-state index contributed by atoms with van der Waals surface area (Å²) in [6, 6.07) is 6.61. The Labute approximate surface area is 97.8 Å². The number of unbranched alkanes of at least 4 members (excludes halogenated alkanes) is 1. The van der Waals surface area contributed by atoms with Crippen molar-refractivity contribution in [1.82, 2.24) is 0 Å². The van der Waals surface area contributed by atoms with Crippen LogP contribution >= 0.6 is 0 Å². The van der Waals surface area contributed by atoms with Crippen LogP contribution in [-0.2, 0) is 6.42 Å². The number of hydrogen-bond acceptors (Lipinski definition) is 2. The van der Waals surface area contributed by atoms with Gasteiger partial charge in [-0.15, -0.1) is 0 Å². The molecule has 1 heterocycles. The molecule has 1 aliphatic rings. The highest BCUT2D eigenvalue weighted by Gasteiger charge is 2.13. The molecule has 0 fully saturated rings. The van der Waals surface area contributed by atoms with E-state index in [1.54, 1.807) is 0 Å². The Hall–Kier alpha value is -1.02. The largest absolute Gasteiger partial charge is 0.493 e. The molecule has 0 spiro atoms. The normalized spacial score (nSPS) is 16.4. The lowest BCUT2D eigenvalue weighted by atomic mass is 9.97. The van der Waals surface area contributed by atoms with Crippen molar-refractivity contribution in [3.05, 3.63) is 29.3 Å². The van der Waals surface area contributed by atoms with Crippen LogP contribution in [0.4, 0.5) is 0 Å². The van der Waals surface area contributed by atoms with Crippen LogP contribution in [0.3, 0.4) is 0 Å². The predicted octanol–water partition coefficient (Wildman–Crippen LogP) is 3.20. The van der Waals surface area contributed by atoms with Crippen molar-refractivity contribution in [1.29, 1.82) is 0 Å². The van der Waals surface area contributed by atoms with Crippen LogP contribution in [0.1, 0.15) is 49.8 Å². The summed E-state index contributed by atoms with van der Waals surface area (Å²) in [5.74, 6) is 1.05. The van der Waals surface area contributed by atoms with Crippen LogP contribution in [0, 0.1) is 0 Å². The van der Waals surface area contributed by atoms with Crippen LogP contribution in [0.25, 0.3) is 0 Å². The molecule has 2 rings (SSSR count). The molecule has 0 amide bonds. The molecule has 1 aromatic carbocycles. The van der Waals surface area contributed by atoms with Gasteiger partial charge in [0.1, 0.15) is 5.75 Å². The molecule has 16 heavy (non-hydrogen) atoms. The minimum atomic E-state index is 0.187. The van der Waals surface area contributed by atoms with Gasteiger partial charge in [-0.05, 0) is 36.5 Å². The summed E-state index contributed by atoms with van der Waals surface area (Å²) in [7, 11) is 0. The van der Waals surface area contributed by atoms with E-state index < -0.39 is 0 Å². The van der Waals surface area contributed by atoms with E-state index in [4.69, 9.17) is 10.5 Å². The van der Waals surface area contributed by atoms with Gasteiger partial charge in [-0.1, -0.05) is 31.9 Å². The van der Waals surface area contributed by atoms with E-state index in [1.807, 2.05) is 0 Å². The Kier molecular flexibility index (Phi) is 3.83.